The molecule has 4 bridgehead atoms. The molecule has 55 heavy (non-hydrogen) atoms. The maximum Gasteiger partial charge on any atom is 0.0682 e. The largest absolute Gasteiger partial charge is 0.308 e. The van der Waals surface area contributed by atoms with Crippen LogP contribution in [0.4, 0.5) is 17.1 Å². The molecule has 5 unspecified atom stereocenters. The van der Waals surface area contributed by atoms with Crippen LogP contribution in [0.5, 0.6) is 0 Å². The highest BCUT2D eigenvalue weighted by Crippen LogP contribution is 2.73. The zero-order chi connectivity index (χ0) is 37.1. The number of rotatable bonds is 5. The molecule has 1 spiro atoms. The van der Waals surface area contributed by atoms with E-state index < -0.39 is 0 Å². The third-order valence-electron chi connectivity index (χ3n) is 15.0. The van der Waals surface area contributed by atoms with Gasteiger partial charge in [0, 0.05) is 26.5 Å². The number of anilines is 3. The maximum absolute atomic E-state index is 2.72. The zero-order valence-corrected chi connectivity index (χ0v) is 33.5. The number of fused-ring (bicyclic) bond motifs is 3. The highest BCUT2D eigenvalue weighted by atomic mass is 32.2. The Labute approximate surface area is 332 Å². The van der Waals surface area contributed by atoms with Gasteiger partial charge in [0.1, 0.15) is 0 Å². The van der Waals surface area contributed by atoms with Gasteiger partial charge in [0.2, 0.25) is 0 Å². The first-order valence-corrected chi connectivity index (χ1v) is 21.7. The molecule has 0 radical (unpaired) electrons. The SMILES string of the molecule is CC1(C)CCC(C)(C)c2c(N(c3ccc(-c4ccccc4)cc3)c3c(-c4ccccc4)ccc4c3Sc3ccccc3C43C4CC5CC(C4)C3C5)cccc21. The van der Waals surface area contributed by atoms with Crippen LogP contribution in [0.15, 0.2) is 149 Å². The molecular formula is C53H51NS. The van der Waals surface area contributed by atoms with E-state index in [0.29, 0.717) is 5.92 Å². The Morgan fingerprint density at radius 2 is 1.22 bits per heavy atom. The van der Waals surface area contributed by atoms with E-state index in [-0.39, 0.29) is 16.2 Å². The van der Waals surface area contributed by atoms with Gasteiger partial charge in [-0.05, 0) is 136 Å². The highest BCUT2D eigenvalue weighted by molar-refractivity contribution is 7.99. The van der Waals surface area contributed by atoms with Crippen LogP contribution in [-0.4, -0.2) is 0 Å². The van der Waals surface area contributed by atoms with Crippen LogP contribution in [0.2, 0.25) is 0 Å². The zero-order valence-electron chi connectivity index (χ0n) is 32.7. The van der Waals surface area contributed by atoms with Crippen molar-refractivity contribution in [1.29, 1.82) is 0 Å². The van der Waals surface area contributed by atoms with Gasteiger partial charge in [-0.25, -0.2) is 0 Å². The lowest BCUT2D eigenvalue weighted by Crippen LogP contribution is -2.44. The van der Waals surface area contributed by atoms with Crippen LogP contribution in [-0.2, 0) is 16.2 Å². The quantitative estimate of drug-likeness (QED) is 0.174. The summed E-state index contributed by atoms with van der Waals surface area (Å²) in [6, 6.07) is 53.5. The van der Waals surface area contributed by atoms with E-state index in [9.17, 15) is 0 Å². The summed E-state index contributed by atoms with van der Waals surface area (Å²) >= 11 is 2.05. The van der Waals surface area contributed by atoms with Crippen LogP contribution in [0.3, 0.4) is 0 Å². The molecule has 0 saturated heterocycles. The second kappa shape index (κ2) is 12.2. The van der Waals surface area contributed by atoms with Crippen molar-refractivity contribution >= 4 is 28.8 Å². The van der Waals surface area contributed by atoms with Gasteiger partial charge in [0.05, 0.1) is 11.4 Å². The fourth-order valence-corrected chi connectivity index (χ4v) is 13.9. The molecule has 5 atom stereocenters. The molecule has 0 N–H and O–H groups in total. The third kappa shape index (κ3) is 4.92. The van der Waals surface area contributed by atoms with E-state index in [2.05, 4.69) is 172 Å². The maximum atomic E-state index is 2.72. The predicted octanol–water partition coefficient (Wildman–Crippen LogP) is 14.7. The Kier molecular flexibility index (Phi) is 7.51. The molecule has 6 aliphatic rings. The normalized spacial score (nSPS) is 26.0. The molecule has 5 aliphatic carbocycles. The van der Waals surface area contributed by atoms with Gasteiger partial charge in [-0.3, -0.25) is 0 Å². The van der Waals surface area contributed by atoms with Crippen molar-refractivity contribution in [1.82, 2.24) is 0 Å². The van der Waals surface area contributed by atoms with Crippen molar-refractivity contribution in [2.24, 2.45) is 23.7 Å². The van der Waals surface area contributed by atoms with Crippen LogP contribution >= 0.6 is 11.8 Å². The van der Waals surface area contributed by atoms with E-state index in [1.54, 1.807) is 11.1 Å². The minimum Gasteiger partial charge on any atom is -0.308 e. The van der Waals surface area contributed by atoms with Gasteiger partial charge in [-0.15, -0.1) is 0 Å². The first-order chi connectivity index (χ1) is 26.7. The van der Waals surface area contributed by atoms with Crippen LogP contribution in [0.25, 0.3) is 22.3 Å². The monoisotopic (exact) mass is 733 g/mol. The van der Waals surface area contributed by atoms with E-state index in [0.717, 1.165) is 17.8 Å². The summed E-state index contributed by atoms with van der Waals surface area (Å²) in [5, 5.41) is 0. The number of hydrogen-bond donors (Lipinski definition) is 0. The van der Waals surface area contributed by atoms with Crippen molar-refractivity contribution in [2.75, 3.05) is 4.90 Å². The number of nitrogens with zero attached hydrogens (tertiary/aromatic N) is 1. The first kappa shape index (κ1) is 33.8. The third-order valence-corrected chi connectivity index (χ3v) is 16.1. The van der Waals surface area contributed by atoms with E-state index in [1.165, 1.54) is 98.8 Å². The summed E-state index contributed by atoms with van der Waals surface area (Å²) in [5.74, 6) is 3.17. The molecule has 12 rings (SSSR count). The highest BCUT2D eigenvalue weighted by Gasteiger charge is 2.65. The molecule has 4 saturated carbocycles. The predicted molar refractivity (Wildman–Crippen MR) is 231 cm³/mol. The minimum absolute atomic E-state index is 0.0237. The number of hydrogen-bond acceptors (Lipinski definition) is 2. The Bertz CT molecular complexity index is 2440. The molecule has 2 heteroatoms. The standard InChI is InChI=1S/C53H51NS/c1-51(2)28-29-52(3,4)48-43(51)19-13-20-46(48)54(40-24-22-36(23-25-40)35-14-7-5-8-15-35)49-41(37-16-9-6-10-17-37)26-27-44-50(49)55-47-21-12-11-18-42(47)53(44)39-31-34-30-38(33-39)45(53)32-34/h5-27,34,38-39,45H,28-33H2,1-4H3. The second-order valence-electron chi connectivity index (χ2n) is 18.8. The fourth-order valence-electron chi connectivity index (χ4n) is 12.6. The van der Waals surface area contributed by atoms with Crippen LogP contribution in [0.1, 0.15) is 88.5 Å². The molecule has 1 aliphatic heterocycles. The summed E-state index contributed by atoms with van der Waals surface area (Å²) in [5.41, 5.74) is 15.4. The summed E-state index contributed by atoms with van der Waals surface area (Å²) in [7, 11) is 0. The first-order valence-electron chi connectivity index (χ1n) is 20.8. The fraction of sp³-hybridized carbons (Fsp3) is 0.321. The van der Waals surface area contributed by atoms with Gasteiger partial charge in [-0.2, -0.15) is 0 Å². The molecule has 274 valence electrons. The van der Waals surface area contributed by atoms with Crippen molar-refractivity contribution in [3.05, 3.63) is 162 Å². The molecule has 4 fully saturated rings. The van der Waals surface area contributed by atoms with Gasteiger partial charge in [0.15, 0.2) is 0 Å². The molecule has 1 heterocycles. The van der Waals surface area contributed by atoms with Gasteiger partial charge in [0.25, 0.3) is 0 Å². The smallest absolute Gasteiger partial charge is 0.0682 e. The Morgan fingerprint density at radius 3 is 1.98 bits per heavy atom. The molecule has 0 aromatic heterocycles. The molecular weight excluding hydrogens is 683 g/mol. The van der Waals surface area contributed by atoms with Crippen LogP contribution < -0.4 is 4.90 Å². The Hall–Kier alpha value is -4.53. The van der Waals surface area contributed by atoms with Crippen molar-refractivity contribution < 1.29 is 0 Å². The molecule has 6 aromatic rings. The average Bonchev–Trinajstić information content (AvgIpc) is 3.62. The van der Waals surface area contributed by atoms with Crippen molar-refractivity contribution in [3.8, 4) is 22.3 Å². The Morgan fingerprint density at radius 1 is 0.545 bits per heavy atom. The lowest BCUT2D eigenvalue weighted by molar-refractivity contribution is 0.181. The van der Waals surface area contributed by atoms with Gasteiger partial charge in [-0.1, -0.05) is 155 Å². The van der Waals surface area contributed by atoms with Crippen LogP contribution in [0, 0.1) is 23.7 Å². The van der Waals surface area contributed by atoms with E-state index in [4.69, 9.17) is 0 Å². The molecule has 1 nitrogen and oxygen atoms in total. The van der Waals surface area contributed by atoms with Crippen molar-refractivity contribution in [3.63, 3.8) is 0 Å². The Balaban J connectivity index is 1.24. The summed E-state index contributed by atoms with van der Waals surface area (Å²) in [4.78, 5) is 5.65. The van der Waals surface area contributed by atoms with Gasteiger partial charge < -0.3 is 4.90 Å². The lowest BCUT2D eigenvalue weighted by Gasteiger charge is -2.50. The summed E-state index contributed by atoms with van der Waals surface area (Å²) in [6.45, 7) is 9.91. The van der Waals surface area contributed by atoms with Gasteiger partial charge >= 0.3 is 0 Å². The van der Waals surface area contributed by atoms with E-state index >= 15 is 0 Å². The second-order valence-corrected chi connectivity index (χ2v) is 19.8. The average molecular weight is 734 g/mol. The number of benzene rings is 6. The van der Waals surface area contributed by atoms with Crippen molar-refractivity contribution in [2.45, 2.75) is 92.3 Å². The van der Waals surface area contributed by atoms with E-state index in [1.807, 2.05) is 11.8 Å². The topological polar surface area (TPSA) is 3.24 Å². The lowest BCUT2D eigenvalue weighted by atomic mass is 9.57. The molecule has 6 aromatic carbocycles. The summed E-state index contributed by atoms with van der Waals surface area (Å²) in [6.07, 6.45) is 7.94. The summed E-state index contributed by atoms with van der Waals surface area (Å²) < 4.78 is 0. The molecule has 0 amide bonds. The minimum atomic E-state index is 0.0237.